The van der Waals surface area contributed by atoms with Crippen molar-refractivity contribution in [2.45, 2.75) is 6.54 Å². The number of ether oxygens (including phenoxy) is 1. The minimum atomic E-state index is -0.111. The van der Waals surface area contributed by atoms with Crippen molar-refractivity contribution >= 4 is 17.2 Å². The molecule has 108 valence electrons. The lowest BCUT2D eigenvalue weighted by Gasteiger charge is -2.04. The molecule has 0 atom stereocenters. The Morgan fingerprint density at radius 2 is 2.05 bits per heavy atom. The first kappa shape index (κ1) is 15.1. The van der Waals surface area contributed by atoms with Gasteiger partial charge in [0.25, 0.3) is 5.91 Å². The number of thiophene rings is 1. The molecule has 0 unspecified atom stereocenters. The van der Waals surface area contributed by atoms with E-state index in [0.29, 0.717) is 18.7 Å². The zero-order chi connectivity index (χ0) is 15.1. The quantitative estimate of drug-likeness (QED) is 0.849. The highest BCUT2D eigenvalue weighted by molar-refractivity contribution is 7.12. The van der Waals surface area contributed by atoms with Gasteiger partial charge in [0, 0.05) is 10.4 Å². The van der Waals surface area contributed by atoms with E-state index in [1.54, 1.807) is 42.7 Å². The van der Waals surface area contributed by atoms with Gasteiger partial charge in [-0.05, 0) is 36.4 Å². The summed E-state index contributed by atoms with van der Waals surface area (Å²) in [7, 11) is 1.59. The largest absolute Gasteiger partial charge is 0.497 e. The Bertz CT molecular complexity index is 666. The van der Waals surface area contributed by atoms with Crippen LogP contribution in [0.2, 0.25) is 0 Å². The van der Waals surface area contributed by atoms with Crippen LogP contribution in [0.5, 0.6) is 5.75 Å². The van der Waals surface area contributed by atoms with Crippen molar-refractivity contribution in [3.63, 3.8) is 0 Å². The Labute approximate surface area is 127 Å². The molecule has 0 saturated heterocycles. The molecule has 2 rings (SSSR count). The van der Waals surface area contributed by atoms with Crippen LogP contribution >= 0.6 is 11.3 Å². The minimum absolute atomic E-state index is 0.111. The normalized spacial score (nSPS) is 9.62. The topological polar surface area (TPSA) is 64.3 Å². The smallest absolute Gasteiger partial charge is 0.251 e. The van der Waals surface area contributed by atoms with Crippen molar-refractivity contribution in [3.05, 3.63) is 51.7 Å². The monoisotopic (exact) mass is 300 g/mol. The first-order valence-electron chi connectivity index (χ1n) is 6.43. The maximum Gasteiger partial charge on any atom is 0.251 e. The van der Waals surface area contributed by atoms with Crippen LogP contribution in [0.1, 0.15) is 20.1 Å². The number of rotatable bonds is 4. The van der Waals surface area contributed by atoms with Gasteiger partial charge in [-0.25, -0.2) is 0 Å². The predicted molar refractivity (Wildman–Crippen MR) is 84.4 cm³/mol. The van der Waals surface area contributed by atoms with Gasteiger partial charge >= 0.3 is 0 Å². The van der Waals surface area contributed by atoms with Crippen molar-refractivity contribution in [2.75, 3.05) is 13.7 Å². The number of benzene rings is 1. The van der Waals surface area contributed by atoms with E-state index in [9.17, 15) is 4.79 Å². The molecular formula is C16H16N2O2S. The van der Waals surface area contributed by atoms with Crippen LogP contribution in [0.4, 0.5) is 0 Å². The van der Waals surface area contributed by atoms with Gasteiger partial charge in [-0.15, -0.1) is 11.3 Å². The van der Waals surface area contributed by atoms with Gasteiger partial charge in [-0.1, -0.05) is 11.8 Å². The van der Waals surface area contributed by atoms with Crippen LogP contribution in [0.15, 0.2) is 36.4 Å². The third-order valence-electron chi connectivity index (χ3n) is 2.75. The van der Waals surface area contributed by atoms with Crippen molar-refractivity contribution in [3.8, 4) is 17.6 Å². The molecule has 2 aromatic rings. The molecule has 5 heteroatoms. The first-order chi connectivity index (χ1) is 10.2. The van der Waals surface area contributed by atoms with Gasteiger partial charge in [0.15, 0.2) is 0 Å². The van der Waals surface area contributed by atoms with Crippen LogP contribution in [-0.4, -0.2) is 19.6 Å². The Morgan fingerprint density at radius 3 is 2.71 bits per heavy atom. The number of carbonyl (C=O) groups is 1. The molecule has 1 amide bonds. The fraction of sp³-hybridized carbons (Fsp3) is 0.188. The molecular weight excluding hydrogens is 284 g/mol. The maximum atomic E-state index is 12.0. The second kappa shape index (κ2) is 7.48. The summed E-state index contributed by atoms with van der Waals surface area (Å²) in [6.07, 6.45) is 0. The highest BCUT2D eigenvalue weighted by Gasteiger charge is 2.06. The summed E-state index contributed by atoms with van der Waals surface area (Å²) in [5.74, 6) is 6.40. The molecule has 21 heavy (non-hydrogen) atoms. The summed E-state index contributed by atoms with van der Waals surface area (Å²) in [6, 6.07) is 10.9. The Kier molecular flexibility index (Phi) is 5.38. The summed E-state index contributed by atoms with van der Waals surface area (Å²) in [6.45, 7) is 0.835. The van der Waals surface area contributed by atoms with Crippen LogP contribution in [-0.2, 0) is 6.54 Å². The van der Waals surface area contributed by atoms with Gasteiger partial charge in [-0.2, -0.15) is 0 Å². The number of hydrogen-bond acceptors (Lipinski definition) is 4. The second-order valence-electron chi connectivity index (χ2n) is 4.18. The van der Waals surface area contributed by atoms with Gasteiger partial charge < -0.3 is 15.8 Å². The molecule has 1 aromatic carbocycles. The first-order valence-corrected chi connectivity index (χ1v) is 7.24. The zero-order valence-electron chi connectivity index (χ0n) is 11.7. The standard InChI is InChI=1S/C16H16N2O2S/c1-20-13-6-4-12(5-7-13)16(19)18-11-15-9-8-14(21-15)3-2-10-17/h4-9H,10-11,17H2,1H3,(H,18,19). The average molecular weight is 300 g/mol. The van der Waals surface area contributed by atoms with E-state index in [1.807, 2.05) is 12.1 Å². The average Bonchev–Trinajstić information content (AvgIpc) is 2.98. The van der Waals surface area contributed by atoms with Crippen molar-refractivity contribution in [2.24, 2.45) is 5.73 Å². The second-order valence-corrected chi connectivity index (χ2v) is 5.35. The molecule has 0 aliphatic rings. The van der Waals surface area contributed by atoms with Crippen molar-refractivity contribution < 1.29 is 9.53 Å². The third-order valence-corrected chi connectivity index (χ3v) is 3.75. The fourth-order valence-corrected chi connectivity index (χ4v) is 2.51. The van der Waals surface area contributed by atoms with Gasteiger partial charge in [-0.3, -0.25) is 4.79 Å². The van der Waals surface area contributed by atoms with Crippen LogP contribution in [0.25, 0.3) is 0 Å². The number of amides is 1. The molecule has 0 spiro atoms. The van der Waals surface area contributed by atoms with Gasteiger partial charge in [0.1, 0.15) is 5.75 Å². The van der Waals surface area contributed by atoms with Crippen LogP contribution < -0.4 is 15.8 Å². The number of hydrogen-bond donors (Lipinski definition) is 2. The number of nitrogens with two attached hydrogens (primary N) is 1. The summed E-state index contributed by atoms with van der Waals surface area (Å²) in [4.78, 5) is 14.0. The predicted octanol–water partition coefficient (Wildman–Crippen LogP) is 2.00. The van der Waals surface area contributed by atoms with Gasteiger partial charge in [0.2, 0.25) is 0 Å². The molecule has 0 fully saturated rings. The molecule has 1 aromatic heterocycles. The summed E-state index contributed by atoms with van der Waals surface area (Å²) in [5.41, 5.74) is 5.94. The summed E-state index contributed by atoms with van der Waals surface area (Å²) in [5, 5.41) is 2.88. The summed E-state index contributed by atoms with van der Waals surface area (Å²) < 4.78 is 5.06. The number of methoxy groups -OCH3 is 1. The fourth-order valence-electron chi connectivity index (χ4n) is 1.69. The molecule has 0 aliphatic carbocycles. The van der Waals surface area contributed by atoms with Crippen LogP contribution in [0.3, 0.4) is 0 Å². The van der Waals surface area contributed by atoms with E-state index >= 15 is 0 Å². The third kappa shape index (κ3) is 4.35. The van der Waals surface area contributed by atoms with Crippen molar-refractivity contribution in [1.29, 1.82) is 0 Å². The molecule has 3 N–H and O–H groups in total. The molecule has 0 radical (unpaired) electrons. The van der Waals surface area contributed by atoms with E-state index in [0.717, 1.165) is 15.5 Å². The molecule has 1 heterocycles. The Hall–Kier alpha value is -2.29. The van der Waals surface area contributed by atoms with Crippen molar-refractivity contribution in [1.82, 2.24) is 5.32 Å². The number of nitrogens with one attached hydrogen (secondary N) is 1. The zero-order valence-corrected chi connectivity index (χ0v) is 12.5. The van der Waals surface area contributed by atoms with E-state index < -0.39 is 0 Å². The maximum absolute atomic E-state index is 12.0. The minimum Gasteiger partial charge on any atom is -0.497 e. The SMILES string of the molecule is COc1ccc(C(=O)NCc2ccc(C#CCN)s2)cc1. The van der Waals surface area contributed by atoms with E-state index in [-0.39, 0.29) is 5.91 Å². The van der Waals surface area contributed by atoms with Gasteiger partial charge in [0.05, 0.1) is 25.1 Å². The lowest BCUT2D eigenvalue weighted by Crippen LogP contribution is -2.22. The number of carbonyl (C=O) groups excluding carboxylic acids is 1. The lowest BCUT2D eigenvalue weighted by molar-refractivity contribution is 0.0951. The molecule has 0 aliphatic heterocycles. The lowest BCUT2D eigenvalue weighted by atomic mass is 10.2. The summed E-state index contributed by atoms with van der Waals surface area (Å²) >= 11 is 1.55. The molecule has 0 saturated carbocycles. The van der Waals surface area contributed by atoms with E-state index in [4.69, 9.17) is 10.5 Å². The Balaban J connectivity index is 1.92. The highest BCUT2D eigenvalue weighted by Crippen LogP contribution is 2.15. The Morgan fingerprint density at radius 1 is 1.29 bits per heavy atom. The van der Waals surface area contributed by atoms with E-state index in [2.05, 4.69) is 17.2 Å². The highest BCUT2D eigenvalue weighted by atomic mass is 32.1. The molecule has 4 nitrogen and oxygen atoms in total. The van der Waals surface area contributed by atoms with Crippen LogP contribution in [0, 0.1) is 11.8 Å². The molecule has 0 bridgehead atoms. The van der Waals surface area contributed by atoms with E-state index in [1.165, 1.54) is 0 Å².